The molecule has 5 heteroatoms. The third-order valence-electron chi connectivity index (χ3n) is 2.66. The fraction of sp³-hybridized carbons (Fsp3) is 0.462. The van der Waals surface area contributed by atoms with Gasteiger partial charge in [-0.2, -0.15) is 5.26 Å². The van der Waals surface area contributed by atoms with E-state index >= 15 is 0 Å². The number of hydrogen-bond acceptors (Lipinski definition) is 5. The highest BCUT2D eigenvalue weighted by Gasteiger charge is 2.17. The monoisotopic (exact) mass is 264 g/mol. The van der Waals surface area contributed by atoms with Crippen molar-refractivity contribution in [1.29, 1.82) is 5.26 Å². The Hall–Kier alpha value is -1.38. The standard InChI is InChI=1S/C13H16N2O2S/c1-13(15,9-14)4-7-18-10-2-3-11-12(8-10)17-6-5-16-11/h2-3,8H,4-7,15H2,1H3. The van der Waals surface area contributed by atoms with Crippen LogP contribution in [0, 0.1) is 11.3 Å². The van der Waals surface area contributed by atoms with Gasteiger partial charge in [0.1, 0.15) is 18.8 Å². The zero-order valence-corrected chi connectivity index (χ0v) is 11.1. The molecule has 1 heterocycles. The third kappa shape index (κ3) is 3.31. The molecule has 0 saturated heterocycles. The van der Waals surface area contributed by atoms with Crippen molar-refractivity contribution in [1.82, 2.24) is 0 Å². The van der Waals surface area contributed by atoms with Gasteiger partial charge in [-0.15, -0.1) is 11.8 Å². The highest BCUT2D eigenvalue weighted by atomic mass is 32.2. The predicted molar refractivity (Wildman–Crippen MR) is 71.0 cm³/mol. The van der Waals surface area contributed by atoms with Crippen molar-refractivity contribution >= 4 is 11.8 Å². The maximum absolute atomic E-state index is 8.83. The average Bonchev–Trinajstić information content (AvgIpc) is 2.38. The summed E-state index contributed by atoms with van der Waals surface area (Å²) in [4.78, 5) is 1.10. The number of thioether (sulfide) groups is 1. The van der Waals surface area contributed by atoms with Gasteiger partial charge in [0.15, 0.2) is 11.5 Å². The SMILES string of the molecule is CC(N)(C#N)CCSc1ccc2c(c1)OCCO2. The summed E-state index contributed by atoms with van der Waals surface area (Å²) in [7, 11) is 0. The Kier molecular flexibility index (Phi) is 4.00. The van der Waals surface area contributed by atoms with E-state index in [1.165, 1.54) is 0 Å². The van der Waals surface area contributed by atoms with Crippen LogP contribution < -0.4 is 15.2 Å². The third-order valence-corrected chi connectivity index (χ3v) is 3.65. The lowest BCUT2D eigenvalue weighted by atomic mass is 10.0. The quantitative estimate of drug-likeness (QED) is 0.844. The Bertz CT molecular complexity index is 469. The van der Waals surface area contributed by atoms with E-state index in [0.717, 1.165) is 22.1 Å². The minimum atomic E-state index is -0.749. The Morgan fingerprint density at radius 2 is 2.11 bits per heavy atom. The minimum Gasteiger partial charge on any atom is -0.486 e. The molecule has 0 spiro atoms. The molecule has 1 aromatic rings. The topological polar surface area (TPSA) is 68.3 Å². The van der Waals surface area contributed by atoms with Crippen molar-refractivity contribution in [3.63, 3.8) is 0 Å². The number of benzene rings is 1. The van der Waals surface area contributed by atoms with Crippen molar-refractivity contribution in [2.45, 2.75) is 23.8 Å². The second kappa shape index (κ2) is 5.51. The van der Waals surface area contributed by atoms with Crippen molar-refractivity contribution in [3.05, 3.63) is 18.2 Å². The van der Waals surface area contributed by atoms with E-state index in [1.54, 1.807) is 18.7 Å². The van der Waals surface area contributed by atoms with Crippen molar-refractivity contribution in [2.24, 2.45) is 5.73 Å². The zero-order chi connectivity index (χ0) is 13.0. The van der Waals surface area contributed by atoms with Crippen molar-refractivity contribution < 1.29 is 9.47 Å². The molecule has 1 atom stereocenters. The van der Waals surface area contributed by atoms with Crippen LogP contribution in [0.25, 0.3) is 0 Å². The van der Waals surface area contributed by atoms with E-state index in [4.69, 9.17) is 20.5 Å². The molecule has 1 aliphatic heterocycles. The van der Waals surface area contributed by atoms with Crippen LogP contribution in [-0.4, -0.2) is 24.5 Å². The molecule has 1 aromatic carbocycles. The molecule has 0 saturated carbocycles. The number of rotatable bonds is 4. The van der Waals surface area contributed by atoms with Gasteiger partial charge in [0.2, 0.25) is 0 Å². The molecule has 0 amide bonds. The Labute approximate surface area is 111 Å². The number of nitriles is 1. The molecular formula is C13H16N2O2S. The molecule has 0 aromatic heterocycles. The zero-order valence-electron chi connectivity index (χ0n) is 10.3. The summed E-state index contributed by atoms with van der Waals surface area (Å²) < 4.78 is 11.0. The first-order valence-corrected chi connectivity index (χ1v) is 6.82. The van der Waals surface area contributed by atoms with Gasteiger partial charge in [-0.05, 0) is 31.5 Å². The lowest BCUT2D eigenvalue weighted by Gasteiger charge is -2.19. The summed E-state index contributed by atoms with van der Waals surface area (Å²) in [6.45, 7) is 2.95. The lowest BCUT2D eigenvalue weighted by molar-refractivity contribution is 0.171. The molecule has 1 aliphatic rings. The number of nitrogens with zero attached hydrogens (tertiary/aromatic N) is 1. The molecule has 2 rings (SSSR count). The Balaban J connectivity index is 1.93. The predicted octanol–water partition coefficient (Wildman–Crippen LogP) is 2.18. The lowest BCUT2D eigenvalue weighted by Crippen LogP contribution is -2.34. The van der Waals surface area contributed by atoms with Crippen LogP contribution in [-0.2, 0) is 0 Å². The van der Waals surface area contributed by atoms with Crippen LogP contribution in [0.3, 0.4) is 0 Å². The maximum Gasteiger partial charge on any atom is 0.162 e. The smallest absolute Gasteiger partial charge is 0.162 e. The summed E-state index contributed by atoms with van der Waals surface area (Å²) in [6, 6.07) is 7.99. The fourth-order valence-electron chi connectivity index (χ4n) is 1.55. The summed E-state index contributed by atoms with van der Waals surface area (Å²) in [5, 5.41) is 8.83. The molecule has 0 radical (unpaired) electrons. The van der Waals surface area contributed by atoms with E-state index in [-0.39, 0.29) is 0 Å². The van der Waals surface area contributed by atoms with Crippen molar-refractivity contribution in [3.8, 4) is 17.6 Å². The second-order valence-corrected chi connectivity index (χ2v) is 5.60. The summed E-state index contributed by atoms with van der Waals surface area (Å²) in [5.41, 5.74) is 5.02. The van der Waals surface area contributed by atoms with Gasteiger partial charge in [0.25, 0.3) is 0 Å². The molecular weight excluding hydrogens is 248 g/mol. The van der Waals surface area contributed by atoms with E-state index in [0.29, 0.717) is 19.6 Å². The normalized spacial score (nSPS) is 16.7. The summed E-state index contributed by atoms with van der Waals surface area (Å²) in [5.74, 6) is 2.40. The highest BCUT2D eigenvalue weighted by Crippen LogP contribution is 2.34. The van der Waals surface area contributed by atoms with E-state index in [2.05, 4.69) is 6.07 Å². The first-order valence-electron chi connectivity index (χ1n) is 5.83. The van der Waals surface area contributed by atoms with E-state index in [9.17, 15) is 0 Å². The van der Waals surface area contributed by atoms with Gasteiger partial charge in [0, 0.05) is 10.6 Å². The minimum absolute atomic E-state index is 0.594. The Morgan fingerprint density at radius 3 is 2.83 bits per heavy atom. The Morgan fingerprint density at radius 1 is 1.39 bits per heavy atom. The largest absolute Gasteiger partial charge is 0.486 e. The molecule has 18 heavy (non-hydrogen) atoms. The van der Waals surface area contributed by atoms with Crippen LogP contribution in [0.15, 0.2) is 23.1 Å². The van der Waals surface area contributed by atoms with Crippen LogP contribution in [0.1, 0.15) is 13.3 Å². The average molecular weight is 264 g/mol. The van der Waals surface area contributed by atoms with Gasteiger partial charge in [-0.1, -0.05) is 0 Å². The highest BCUT2D eigenvalue weighted by molar-refractivity contribution is 7.99. The number of fused-ring (bicyclic) bond motifs is 1. The summed E-state index contributed by atoms with van der Waals surface area (Å²) >= 11 is 1.67. The maximum atomic E-state index is 8.83. The van der Waals surface area contributed by atoms with Gasteiger partial charge in [-0.25, -0.2) is 0 Å². The summed E-state index contributed by atoms with van der Waals surface area (Å²) in [6.07, 6.45) is 0.655. The van der Waals surface area contributed by atoms with E-state index < -0.39 is 5.54 Å². The molecule has 4 nitrogen and oxygen atoms in total. The van der Waals surface area contributed by atoms with Gasteiger partial charge >= 0.3 is 0 Å². The van der Waals surface area contributed by atoms with Crippen LogP contribution in [0.4, 0.5) is 0 Å². The van der Waals surface area contributed by atoms with Crippen LogP contribution in [0.5, 0.6) is 11.5 Å². The molecule has 2 N–H and O–H groups in total. The number of hydrogen-bond donors (Lipinski definition) is 1. The molecule has 0 aliphatic carbocycles. The second-order valence-electron chi connectivity index (χ2n) is 4.43. The van der Waals surface area contributed by atoms with Gasteiger partial charge < -0.3 is 15.2 Å². The van der Waals surface area contributed by atoms with E-state index in [1.807, 2.05) is 18.2 Å². The number of ether oxygens (including phenoxy) is 2. The molecule has 96 valence electrons. The van der Waals surface area contributed by atoms with Crippen molar-refractivity contribution in [2.75, 3.05) is 19.0 Å². The first kappa shape index (κ1) is 13.1. The fourth-order valence-corrected chi connectivity index (χ4v) is 2.67. The van der Waals surface area contributed by atoms with Crippen LogP contribution in [0.2, 0.25) is 0 Å². The molecule has 0 bridgehead atoms. The first-order chi connectivity index (χ1) is 8.61. The van der Waals surface area contributed by atoms with Gasteiger partial charge in [-0.3, -0.25) is 0 Å². The van der Waals surface area contributed by atoms with Gasteiger partial charge in [0.05, 0.1) is 6.07 Å². The molecule has 0 fully saturated rings. The number of nitrogens with two attached hydrogens (primary N) is 1. The van der Waals surface area contributed by atoms with Crippen LogP contribution >= 0.6 is 11.8 Å². The molecule has 1 unspecified atom stereocenters.